The molecule has 2 aromatic carbocycles. The number of amides is 1. The molecule has 0 unspecified atom stereocenters. The smallest absolute Gasteiger partial charge is 0.238 e. The fraction of sp³-hybridized carbons (Fsp3) is 0.278. The molecule has 0 spiro atoms. The van der Waals surface area contributed by atoms with Crippen molar-refractivity contribution < 1.29 is 4.79 Å². The van der Waals surface area contributed by atoms with Gasteiger partial charge in [0.1, 0.15) is 0 Å². The highest BCUT2D eigenvalue weighted by Gasteiger charge is 2.03. The Kier molecular flexibility index (Phi) is 5.99. The second-order valence-corrected chi connectivity index (χ2v) is 5.92. The van der Waals surface area contributed by atoms with Crippen molar-refractivity contribution in [2.45, 2.75) is 20.3 Å². The van der Waals surface area contributed by atoms with Crippen LogP contribution in [-0.4, -0.2) is 19.0 Å². The number of rotatable bonds is 6. The van der Waals surface area contributed by atoms with E-state index in [1.165, 1.54) is 0 Å². The molecule has 0 aliphatic rings. The number of hydrogen-bond donors (Lipinski definition) is 2. The summed E-state index contributed by atoms with van der Waals surface area (Å²) in [5, 5.41) is 6.80. The Morgan fingerprint density at radius 3 is 2.50 bits per heavy atom. The van der Waals surface area contributed by atoms with Gasteiger partial charge in [-0.2, -0.15) is 0 Å². The van der Waals surface area contributed by atoms with Crippen LogP contribution in [0.3, 0.4) is 0 Å². The molecule has 2 rings (SSSR count). The lowest BCUT2D eigenvalue weighted by Gasteiger charge is -2.09. The lowest BCUT2D eigenvalue weighted by molar-refractivity contribution is -0.115. The zero-order valence-corrected chi connectivity index (χ0v) is 13.7. The molecule has 0 bridgehead atoms. The summed E-state index contributed by atoms with van der Waals surface area (Å²) < 4.78 is 0. The van der Waals surface area contributed by atoms with Crippen molar-refractivity contribution in [3.8, 4) is 0 Å². The van der Waals surface area contributed by atoms with Gasteiger partial charge in [0, 0.05) is 10.7 Å². The Labute approximate surface area is 136 Å². The number of halogens is 1. The molecule has 0 aliphatic carbocycles. The molecule has 0 heterocycles. The molecule has 0 saturated heterocycles. The second kappa shape index (κ2) is 7.97. The monoisotopic (exact) mass is 316 g/mol. The standard InChI is InChI=1S/C18H21ClN2O/c1-13-8-14(2)10-17(9-13)21-18(22)12-20-7-6-15-4-3-5-16(19)11-15/h3-5,8-11,20H,6-7,12H2,1-2H3,(H,21,22). The van der Waals surface area contributed by atoms with Crippen molar-refractivity contribution in [2.75, 3.05) is 18.4 Å². The quantitative estimate of drug-likeness (QED) is 0.797. The van der Waals surface area contributed by atoms with E-state index in [2.05, 4.69) is 16.7 Å². The van der Waals surface area contributed by atoms with Crippen molar-refractivity contribution in [3.63, 3.8) is 0 Å². The maximum atomic E-state index is 11.9. The van der Waals surface area contributed by atoms with Gasteiger partial charge in [-0.25, -0.2) is 0 Å². The predicted molar refractivity (Wildman–Crippen MR) is 92.6 cm³/mol. The summed E-state index contributed by atoms with van der Waals surface area (Å²) >= 11 is 5.94. The van der Waals surface area contributed by atoms with Crippen LogP contribution < -0.4 is 10.6 Å². The molecule has 0 atom stereocenters. The molecule has 116 valence electrons. The Morgan fingerprint density at radius 2 is 1.82 bits per heavy atom. The Bertz CT molecular complexity index is 635. The van der Waals surface area contributed by atoms with Gasteiger partial charge in [0.05, 0.1) is 6.54 Å². The van der Waals surface area contributed by atoms with E-state index in [0.717, 1.165) is 40.4 Å². The second-order valence-electron chi connectivity index (χ2n) is 5.48. The number of anilines is 1. The Hall–Kier alpha value is -1.84. The zero-order chi connectivity index (χ0) is 15.9. The summed E-state index contributed by atoms with van der Waals surface area (Å²) in [7, 11) is 0. The molecular formula is C18H21ClN2O. The molecule has 0 aromatic heterocycles. The molecule has 4 heteroatoms. The maximum absolute atomic E-state index is 11.9. The van der Waals surface area contributed by atoms with Crippen molar-refractivity contribution in [2.24, 2.45) is 0 Å². The van der Waals surface area contributed by atoms with Crippen LogP contribution in [0.4, 0.5) is 5.69 Å². The molecule has 0 saturated carbocycles. The summed E-state index contributed by atoms with van der Waals surface area (Å²) in [6.07, 6.45) is 0.845. The van der Waals surface area contributed by atoms with E-state index in [1.807, 2.05) is 50.2 Å². The average molecular weight is 317 g/mol. The van der Waals surface area contributed by atoms with Crippen LogP contribution in [0.2, 0.25) is 5.02 Å². The van der Waals surface area contributed by atoms with Crippen molar-refractivity contribution in [3.05, 3.63) is 64.2 Å². The van der Waals surface area contributed by atoms with Gasteiger partial charge < -0.3 is 10.6 Å². The van der Waals surface area contributed by atoms with E-state index in [1.54, 1.807) is 0 Å². The summed E-state index contributed by atoms with van der Waals surface area (Å²) in [5.41, 5.74) is 4.29. The minimum Gasteiger partial charge on any atom is -0.325 e. The van der Waals surface area contributed by atoms with Crippen molar-refractivity contribution in [1.29, 1.82) is 0 Å². The molecule has 0 radical (unpaired) electrons. The fourth-order valence-electron chi connectivity index (χ4n) is 2.38. The van der Waals surface area contributed by atoms with E-state index < -0.39 is 0 Å². The molecule has 2 aromatic rings. The summed E-state index contributed by atoms with van der Waals surface area (Å²) in [5.74, 6) is -0.0314. The minimum atomic E-state index is -0.0314. The van der Waals surface area contributed by atoms with Crippen LogP contribution in [0, 0.1) is 13.8 Å². The lowest BCUT2D eigenvalue weighted by Crippen LogP contribution is -2.29. The number of nitrogens with one attached hydrogen (secondary N) is 2. The first-order valence-electron chi connectivity index (χ1n) is 7.36. The van der Waals surface area contributed by atoms with Gasteiger partial charge in [0.15, 0.2) is 0 Å². The van der Waals surface area contributed by atoms with E-state index in [4.69, 9.17) is 11.6 Å². The van der Waals surface area contributed by atoms with Crippen molar-refractivity contribution in [1.82, 2.24) is 5.32 Å². The van der Waals surface area contributed by atoms with Crippen LogP contribution >= 0.6 is 11.6 Å². The third-order valence-electron chi connectivity index (χ3n) is 3.27. The highest BCUT2D eigenvalue weighted by atomic mass is 35.5. The van der Waals surface area contributed by atoms with Crippen LogP contribution in [0.5, 0.6) is 0 Å². The van der Waals surface area contributed by atoms with Crippen molar-refractivity contribution >= 4 is 23.2 Å². The predicted octanol–water partition coefficient (Wildman–Crippen LogP) is 3.73. The van der Waals surface area contributed by atoms with E-state index in [9.17, 15) is 4.79 Å². The first-order valence-corrected chi connectivity index (χ1v) is 7.74. The van der Waals surface area contributed by atoms with Gasteiger partial charge in [-0.05, 0) is 67.8 Å². The molecule has 22 heavy (non-hydrogen) atoms. The van der Waals surface area contributed by atoms with Crippen LogP contribution in [0.1, 0.15) is 16.7 Å². The third kappa shape index (κ3) is 5.51. The molecule has 0 aliphatic heterocycles. The molecule has 3 nitrogen and oxygen atoms in total. The number of carbonyl (C=O) groups excluding carboxylic acids is 1. The minimum absolute atomic E-state index is 0.0314. The van der Waals surface area contributed by atoms with Gasteiger partial charge in [-0.15, -0.1) is 0 Å². The van der Waals surface area contributed by atoms with Gasteiger partial charge in [-0.3, -0.25) is 4.79 Å². The largest absolute Gasteiger partial charge is 0.325 e. The number of aryl methyl sites for hydroxylation is 2. The van der Waals surface area contributed by atoms with Gasteiger partial charge in [0.2, 0.25) is 5.91 Å². The fourth-order valence-corrected chi connectivity index (χ4v) is 2.59. The normalized spacial score (nSPS) is 10.5. The van der Waals surface area contributed by atoms with Gasteiger partial charge >= 0.3 is 0 Å². The molecule has 1 amide bonds. The number of benzene rings is 2. The Morgan fingerprint density at radius 1 is 1.09 bits per heavy atom. The summed E-state index contributed by atoms with van der Waals surface area (Å²) in [6, 6.07) is 13.8. The van der Waals surface area contributed by atoms with E-state index in [0.29, 0.717) is 6.54 Å². The summed E-state index contributed by atoms with van der Waals surface area (Å²) in [4.78, 5) is 11.9. The van der Waals surface area contributed by atoms with Gasteiger partial charge in [0.25, 0.3) is 0 Å². The summed E-state index contributed by atoms with van der Waals surface area (Å²) in [6.45, 7) is 5.08. The highest BCUT2D eigenvalue weighted by Crippen LogP contribution is 2.13. The first-order chi connectivity index (χ1) is 10.5. The highest BCUT2D eigenvalue weighted by molar-refractivity contribution is 6.30. The van der Waals surface area contributed by atoms with E-state index in [-0.39, 0.29) is 5.91 Å². The zero-order valence-electron chi connectivity index (χ0n) is 12.9. The van der Waals surface area contributed by atoms with Gasteiger partial charge in [-0.1, -0.05) is 29.8 Å². The lowest BCUT2D eigenvalue weighted by atomic mass is 10.1. The first kappa shape index (κ1) is 16.5. The third-order valence-corrected chi connectivity index (χ3v) is 3.51. The van der Waals surface area contributed by atoms with Crippen LogP contribution in [0.15, 0.2) is 42.5 Å². The number of carbonyl (C=O) groups is 1. The van der Waals surface area contributed by atoms with Crippen LogP contribution in [-0.2, 0) is 11.2 Å². The topological polar surface area (TPSA) is 41.1 Å². The maximum Gasteiger partial charge on any atom is 0.238 e. The van der Waals surface area contributed by atoms with Crippen LogP contribution in [0.25, 0.3) is 0 Å². The molecule has 0 fully saturated rings. The average Bonchev–Trinajstić information content (AvgIpc) is 2.42. The molecule has 2 N–H and O–H groups in total. The number of hydrogen-bond acceptors (Lipinski definition) is 2. The molecular weight excluding hydrogens is 296 g/mol. The Balaban J connectivity index is 1.74. The SMILES string of the molecule is Cc1cc(C)cc(NC(=O)CNCCc2cccc(Cl)c2)c1. The van der Waals surface area contributed by atoms with E-state index >= 15 is 0 Å².